The van der Waals surface area contributed by atoms with Crippen LogP contribution in [0.2, 0.25) is 0 Å². The Labute approximate surface area is 84.2 Å². The van der Waals surface area contributed by atoms with Crippen LogP contribution >= 0.6 is 22.6 Å². The summed E-state index contributed by atoms with van der Waals surface area (Å²) in [5.41, 5.74) is 1.02. The Morgan fingerprint density at radius 2 is 2.17 bits per heavy atom. The second-order valence-corrected chi connectivity index (χ2v) is 3.75. The van der Waals surface area contributed by atoms with E-state index in [1.807, 2.05) is 25.3 Å². The molecule has 0 aliphatic rings. The summed E-state index contributed by atoms with van der Waals surface area (Å²) in [6.45, 7) is 1.90. The third-order valence-electron chi connectivity index (χ3n) is 1.69. The van der Waals surface area contributed by atoms with Crippen molar-refractivity contribution in [2.75, 3.05) is 0 Å². The van der Waals surface area contributed by atoms with Gasteiger partial charge in [0.1, 0.15) is 5.82 Å². The molecular formula is C9H7IN2. The molecule has 60 valence electrons. The predicted octanol–water partition coefficient (Wildman–Crippen LogP) is 2.54. The predicted molar refractivity (Wildman–Crippen MR) is 57.0 cm³/mol. The second-order valence-electron chi connectivity index (χ2n) is 2.59. The van der Waals surface area contributed by atoms with E-state index in [9.17, 15) is 0 Å². The molecule has 0 bridgehead atoms. The number of aryl methyl sites for hydroxylation is 1. The molecule has 0 aliphatic carbocycles. The van der Waals surface area contributed by atoms with E-state index in [-0.39, 0.29) is 0 Å². The molecule has 0 atom stereocenters. The van der Waals surface area contributed by atoms with Crippen molar-refractivity contribution >= 4 is 33.5 Å². The zero-order valence-corrected chi connectivity index (χ0v) is 8.74. The van der Waals surface area contributed by atoms with Crippen LogP contribution in [0.3, 0.4) is 0 Å². The first-order valence-electron chi connectivity index (χ1n) is 3.65. The molecule has 2 nitrogen and oxygen atoms in total. The maximum Gasteiger partial charge on any atom is 0.125 e. The van der Waals surface area contributed by atoms with Gasteiger partial charge < -0.3 is 0 Å². The molecule has 0 radical (unpaired) electrons. The average molecular weight is 270 g/mol. The van der Waals surface area contributed by atoms with Crippen molar-refractivity contribution in [3.8, 4) is 0 Å². The van der Waals surface area contributed by atoms with Crippen LogP contribution in [0.4, 0.5) is 0 Å². The van der Waals surface area contributed by atoms with Crippen LogP contribution in [0.25, 0.3) is 10.9 Å². The van der Waals surface area contributed by atoms with Gasteiger partial charge in [0.05, 0.1) is 5.52 Å². The topological polar surface area (TPSA) is 25.8 Å². The van der Waals surface area contributed by atoms with Crippen molar-refractivity contribution in [2.24, 2.45) is 0 Å². The van der Waals surface area contributed by atoms with Crippen LogP contribution in [-0.4, -0.2) is 9.97 Å². The first-order chi connectivity index (χ1) is 5.77. The van der Waals surface area contributed by atoms with Crippen LogP contribution in [0.1, 0.15) is 5.82 Å². The molecular weight excluding hydrogens is 263 g/mol. The van der Waals surface area contributed by atoms with Crippen molar-refractivity contribution in [2.45, 2.75) is 6.92 Å². The monoisotopic (exact) mass is 270 g/mol. The average Bonchev–Trinajstić information content (AvgIpc) is 2.04. The number of rotatable bonds is 0. The summed E-state index contributed by atoms with van der Waals surface area (Å²) < 4.78 is 1.20. The number of halogens is 1. The van der Waals surface area contributed by atoms with Gasteiger partial charge in [0.2, 0.25) is 0 Å². The van der Waals surface area contributed by atoms with Crippen LogP contribution < -0.4 is 0 Å². The molecule has 1 aromatic carbocycles. The van der Waals surface area contributed by atoms with Crippen LogP contribution in [0.5, 0.6) is 0 Å². The van der Waals surface area contributed by atoms with Crippen LogP contribution in [0, 0.1) is 10.5 Å². The maximum absolute atomic E-state index is 4.32. The number of hydrogen-bond donors (Lipinski definition) is 0. The molecule has 0 saturated carbocycles. The lowest BCUT2D eigenvalue weighted by molar-refractivity contribution is 1.09. The summed E-state index contributed by atoms with van der Waals surface area (Å²) in [4.78, 5) is 8.47. The Bertz CT molecular complexity index is 426. The first kappa shape index (κ1) is 7.91. The number of hydrogen-bond acceptors (Lipinski definition) is 2. The summed E-state index contributed by atoms with van der Waals surface area (Å²) in [7, 11) is 0. The highest BCUT2D eigenvalue weighted by atomic mass is 127. The highest BCUT2D eigenvalue weighted by Gasteiger charge is 1.98. The fourth-order valence-corrected chi connectivity index (χ4v) is 1.74. The summed E-state index contributed by atoms with van der Waals surface area (Å²) in [5, 5.41) is 1.13. The van der Waals surface area contributed by atoms with Gasteiger partial charge in [-0.1, -0.05) is 6.07 Å². The normalized spacial score (nSPS) is 10.5. The fourth-order valence-electron chi connectivity index (χ4n) is 1.11. The Kier molecular flexibility index (Phi) is 1.96. The van der Waals surface area contributed by atoms with E-state index in [1.165, 1.54) is 3.57 Å². The summed E-state index contributed by atoms with van der Waals surface area (Å²) in [5.74, 6) is 0.824. The molecule has 3 heteroatoms. The number of nitrogens with zero attached hydrogens (tertiary/aromatic N) is 2. The molecule has 0 aliphatic heterocycles. The SMILES string of the molecule is Cc1ncc2c(I)cccc2n1. The number of fused-ring (bicyclic) bond motifs is 1. The third kappa shape index (κ3) is 1.29. The minimum atomic E-state index is 0.824. The molecule has 1 aromatic heterocycles. The Morgan fingerprint density at radius 3 is 3.00 bits per heavy atom. The smallest absolute Gasteiger partial charge is 0.125 e. The van der Waals surface area contributed by atoms with E-state index >= 15 is 0 Å². The molecule has 12 heavy (non-hydrogen) atoms. The third-order valence-corrected chi connectivity index (χ3v) is 2.63. The number of aromatic nitrogens is 2. The van der Waals surface area contributed by atoms with E-state index in [0.29, 0.717) is 0 Å². The molecule has 0 fully saturated rings. The highest BCUT2D eigenvalue weighted by Crippen LogP contribution is 2.17. The van der Waals surface area contributed by atoms with Gasteiger partial charge in [-0.25, -0.2) is 9.97 Å². The Morgan fingerprint density at radius 1 is 1.33 bits per heavy atom. The van der Waals surface area contributed by atoms with Crippen molar-refractivity contribution < 1.29 is 0 Å². The van der Waals surface area contributed by atoms with Gasteiger partial charge in [-0.3, -0.25) is 0 Å². The van der Waals surface area contributed by atoms with Gasteiger partial charge in [0.25, 0.3) is 0 Å². The minimum absolute atomic E-state index is 0.824. The van der Waals surface area contributed by atoms with Crippen molar-refractivity contribution in [1.82, 2.24) is 9.97 Å². The van der Waals surface area contributed by atoms with Gasteiger partial charge in [0.15, 0.2) is 0 Å². The van der Waals surface area contributed by atoms with Crippen LogP contribution in [0.15, 0.2) is 24.4 Å². The van der Waals surface area contributed by atoms with Gasteiger partial charge >= 0.3 is 0 Å². The van der Waals surface area contributed by atoms with Gasteiger partial charge in [-0.2, -0.15) is 0 Å². The van der Waals surface area contributed by atoms with Gasteiger partial charge in [-0.05, 0) is 41.6 Å². The van der Waals surface area contributed by atoms with E-state index in [4.69, 9.17) is 0 Å². The molecule has 0 spiro atoms. The zero-order chi connectivity index (χ0) is 8.55. The largest absolute Gasteiger partial charge is 0.241 e. The summed E-state index contributed by atoms with van der Waals surface area (Å²) in [6, 6.07) is 6.07. The molecule has 2 rings (SSSR count). The van der Waals surface area contributed by atoms with Gasteiger partial charge in [0, 0.05) is 15.2 Å². The Balaban J connectivity index is 2.86. The van der Waals surface area contributed by atoms with E-state index < -0.39 is 0 Å². The minimum Gasteiger partial charge on any atom is -0.241 e. The van der Waals surface area contributed by atoms with Crippen LogP contribution in [-0.2, 0) is 0 Å². The zero-order valence-electron chi connectivity index (χ0n) is 6.58. The molecule has 0 saturated heterocycles. The lowest BCUT2D eigenvalue weighted by Gasteiger charge is -1.98. The van der Waals surface area contributed by atoms with Crippen molar-refractivity contribution in [3.05, 3.63) is 33.8 Å². The molecule has 1 heterocycles. The number of benzene rings is 1. The Hall–Kier alpha value is -0.710. The van der Waals surface area contributed by atoms with Crippen molar-refractivity contribution in [3.63, 3.8) is 0 Å². The van der Waals surface area contributed by atoms with Crippen molar-refractivity contribution in [1.29, 1.82) is 0 Å². The molecule has 2 aromatic rings. The second kappa shape index (κ2) is 2.97. The summed E-state index contributed by atoms with van der Waals surface area (Å²) in [6.07, 6.45) is 1.87. The molecule has 0 amide bonds. The lowest BCUT2D eigenvalue weighted by Crippen LogP contribution is -1.88. The highest BCUT2D eigenvalue weighted by molar-refractivity contribution is 14.1. The summed E-state index contributed by atoms with van der Waals surface area (Å²) >= 11 is 2.29. The van der Waals surface area contributed by atoms with E-state index in [1.54, 1.807) is 0 Å². The van der Waals surface area contributed by atoms with Gasteiger partial charge in [-0.15, -0.1) is 0 Å². The van der Waals surface area contributed by atoms with E-state index in [2.05, 4.69) is 38.6 Å². The first-order valence-corrected chi connectivity index (χ1v) is 4.73. The fraction of sp³-hybridized carbons (Fsp3) is 0.111. The maximum atomic E-state index is 4.32. The molecule has 0 unspecified atom stereocenters. The quantitative estimate of drug-likeness (QED) is 0.687. The lowest BCUT2D eigenvalue weighted by atomic mass is 10.2. The van der Waals surface area contributed by atoms with E-state index in [0.717, 1.165) is 16.7 Å². The molecule has 0 N–H and O–H groups in total. The standard InChI is InChI=1S/C9H7IN2/c1-6-11-5-7-8(10)3-2-4-9(7)12-6/h2-5H,1H3.